The number of fused-ring (bicyclic) bond motifs is 4. The molecule has 3 aromatic carbocycles. The van der Waals surface area contributed by atoms with Crippen LogP contribution in [0.5, 0.6) is 5.75 Å². The minimum atomic E-state index is -3.70. The first-order chi connectivity index (χ1) is 18.3. The number of hydrogen-bond acceptors (Lipinski definition) is 5. The van der Waals surface area contributed by atoms with Crippen LogP contribution in [0, 0.1) is 11.8 Å². The van der Waals surface area contributed by atoms with E-state index in [9.17, 15) is 13.5 Å². The smallest absolute Gasteiger partial charge is 0.242 e. The van der Waals surface area contributed by atoms with Crippen LogP contribution in [0.25, 0.3) is 16.8 Å². The van der Waals surface area contributed by atoms with E-state index in [-0.39, 0.29) is 10.8 Å². The third kappa shape index (κ3) is 4.45. The van der Waals surface area contributed by atoms with Crippen molar-refractivity contribution in [2.24, 2.45) is 11.8 Å². The minimum absolute atomic E-state index is 0.0216. The molecule has 6 rings (SSSR count). The second kappa shape index (κ2) is 9.79. The highest BCUT2D eigenvalue weighted by molar-refractivity contribution is 7.89. The first-order valence-corrected chi connectivity index (χ1v) is 15.0. The maximum atomic E-state index is 13.0. The summed E-state index contributed by atoms with van der Waals surface area (Å²) < 4.78 is 32.6. The van der Waals surface area contributed by atoms with Gasteiger partial charge in [0, 0.05) is 26.2 Å². The number of aliphatic hydroxyl groups is 1. The van der Waals surface area contributed by atoms with Gasteiger partial charge in [0.2, 0.25) is 10.0 Å². The average Bonchev–Trinajstić information content (AvgIpc) is 3.72. The zero-order valence-corrected chi connectivity index (χ0v) is 23.1. The standard InChI is InChI=1S/C31H36N2O4S/c1-32(2)38(35,36)29-11-10-24(37-3)18-27(29)31(34)20-12-14-33(15-13-20)19-28-25-7-5-4-6-21(25)16-23-9-8-22-17-26(22)30(23)28/h4-11,16,18,20,22,26,31,34H,12-15,17,19H2,1-3H3. The molecule has 6 nitrogen and oxygen atoms in total. The number of methoxy groups -OCH3 is 1. The van der Waals surface area contributed by atoms with Gasteiger partial charge in [-0.3, -0.25) is 4.90 Å². The molecule has 0 amide bonds. The Morgan fingerprint density at radius 3 is 2.61 bits per heavy atom. The van der Waals surface area contributed by atoms with Gasteiger partial charge < -0.3 is 9.84 Å². The van der Waals surface area contributed by atoms with Crippen LogP contribution in [0.4, 0.5) is 0 Å². The van der Waals surface area contributed by atoms with Crippen molar-refractivity contribution in [1.82, 2.24) is 9.21 Å². The molecule has 7 heteroatoms. The van der Waals surface area contributed by atoms with Crippen molar-refractivity contribution < 1.29 is 18.3 Å². The van der Waals surface area contributed by atoms with E-state index >= 15 is 0 Å². The molecular weight excluding hydrogens is 496 g/mol. The summed E-state index contributed by atoms with van der Waals surface area (Å²) in [7, 11) is 0.882. The fourth-order valence-electron chi connectivity index (χ4n) is 6.42. The monoisotopic (exact) mass is 532 g/mol. The number of ether oxygens (including phenoxy) is 1. The molecule has 1 saturated heterocycles. The van der Waals surface area contributed by atoms with Gasteiger partial charge in [-0.2, -0.15) is 0 Å². The maximum Gasteiger partial charge on any atom is 0.242 e. The van der Waals surface area contributed by atoms with Gasteiger partial charge in [-0.05, 0) is 102 Å². The molecule has 3 aliphatic rings. The Labute approximate surface area is 225 Å². The second-order valence-electron chi connectivity index (χ2n) is 11.2. The van der Waals surface area contributed by atoms with Gasteiger partial charge in [-0.15, -0.1) is 0 Å². The molecule has 200 valence electrons. The number of piperidine rings is 1. The molecule has 0 aromatic heterocycles. The highest BCUT2D eigenvalue weighted by atomic mass is 32.2. The van der Waals surface area contributed by atoms with Crippen LogP contribution in [0.1, 0.15) is 53.5 Å². The van der Waals surface area contributed by atoms with Crippen LogP contribution in [0.15, 0.2) is 59.5 Å². The van der Waals surface area contributed by atoms with E-state index in [2.05, 4.69) is 47.4 Å². The molecule has 1 heterocycles. The van der Waals surface area contributed by atoms with Crippen molar-refractivity contribution >= 4 is 26.9 Å². The van der Waals surface area contributed by atoms with E-state index < -0.39 is 16.1 Å². The lowest BCUT2D eigenvalue weighted by Crippen LogP contribution is -2.36. The largest absolute Gasteiger partial charge is 0.497 e. The van der Waals surface area contributed by atoms with E-state index in [1.54, 1.807) is 25.3 Å². The van der Waals surface area contributed by atoms with Crippen LogP contribution >= 0.6 is 0 Å². The lowest BCUT2D eigenvalue weighted by Gasteiger charge is -2.35. The third-order valence-corrected chi connectivity index (χ3v) is 10.6. The normalized spacial score (nSPS) is 22.3. The minimum Gasteiger partial charge on any atom is -0.497 e. The fraction of sp³-hybridized carbons (Fsp3) is 0.419. The van der Waals surface area contributed by atoms with E-state index in [0.29, 0.717) is 23.1 Å². The number of rotatable bonds is 7. The summed E-state index contributed by atoms with van der Waals surface area (Å²) in [5.41, 5.74) is 4.79. The average molecular weight is 533 g/mol. The highest BCUT2D eigenvalue weighted by Crippen LogP contribution is 2.55. The number of hydrogen-bond donors (Lipinski definition) is 1. The van der Waals surface area contributed by atoms with Crippen LogP contribution in [0.3, 0.4) is 0 Å². The number of benzene rings is 3. The predicted octanol–water partition coefficient (Wildman–Crippen LogP) is 5.17. The Kier molecular flexibility index (Phi) is 6.59. The number of aliphatic hydroxyl groups excluding tert-OH is 1. The Morgan fingerprint density at radius 1 is 1.11 bits per heavy atom. The van der Waals surface area contributed by atoms with Gasteiger partial charge in [0.1, 0.15) is 5.75 Å². The van der Waals surface area contributed by atoms with Gasteiger partial charge in [0.05, 0.1) is 18.1 Å². The van der Waals surface area contributed by atoms with Crippen molar-refractivity contribution in [3.05, 3.63) is 76.9 Å². The highest BCUT2D eigenvalue weighted by Gasteiger charge is 2.41. The summed E-state index contributed by atoms with van der Waals surface area (Å²) >= 11 is 0. The summed E-state index contributed by atoms with van der Waals surface area (Å²) in [6, 6.07) is 15.9. The zero-order valence-electron chi connectivity index (χ0n) is 22.3. The van der Waals surface area contributed by atoms with Crippen molar-refractivity contribution in [1.29, 1.82) is 0 Å². The number of sulfonamides is 1. The molecule has 38 heavy (non-hydrogen) atoms. The summed E-state index contributed by atoms with van der Waals surface area (Å²) in [5, 5.41) is 14.1. The molecule has 1 saturated carbocycles. The number of allylic oxidation sites excluding steroid dienone is 1. The van der Waals surface area contributed by atoms with Gasteiger partial charge in [0.15, 0.2) is 0 Å². The number of likely N-dealkylation sites (tertiary alicyclic amines) is 1. The van der Waals surface area contributed by atoms with Crippen molar-refractivity contribution in [3.63, 3.8) is 0 Å². The van der Waals surface area contributed by atoms with Gasteiger partial charge in [-0.25, -0.2) is 12.7 Å². The lowest BCUT2D eigenvalue weighted by molar-refractivity contribution is 0.0548. The van der Waals surface area contributed by atoms with Crippen molar-refractivity contribution in [2.75, 3.05) is 34.3 Å². The Morgan fingerprint density at radius 2 is 1.87 bits per heavy atom. The zero-order chi connectivity index (χ0) is 26.6. The summed E-state index contributed by atoms with van der Waals surface area (Å²) in [6.45, 7) is 2.63. The van der Waals surface area contributed by atoms with E-state index in [0.717, 1.165) is 32.5 Å². The molecule has 0 bridgehead atoms. The van der Waals surface area contributed by atoms with Crippen LogP contribution in [-0.2, 0) is 16.6 Å². The van der Waals surface area contributed by atoms with E-state index in [1.165, 1.54) is 52.3 Å². The molecule has 0 radical (unpaired) electrons. The Hall–Kier alpha value is -2.71. The first kappa shape index (κ1) is 25.6. The quantitative estimate of drug-likeness (QED) is 0.454. The first-order valence-electron chi connectivity index (χ1n) is 13.5. The Balaban J connectivity index is 1.23. The Bertz CT molecular complexity index is 1510. The molecule has 2 aliphatic carbocycles. The SMILES string of the molecule is COc1ccc(S(=O)(=O)N(C)C)c(C(O)C2CCN(Cc3c4c(cc5ccccc35)C=CC3CC43)CC2)c1. The molecule has 2 fully saturated rings. The second-order valence-corrected chi connectivity index (χ2v) is 13.3. The fourth-order valence-corrected chi connectivity index (χ4v) is 7.53. The molecule has 0 spiro atoms. The van der Waals surface area contributed by atoms with Gasteiger partial charge in [0.25, 0.3) is 0 Å². The molecule has 3 aromatic rings. The molecular formula is C31H36N2O4S. The lowest BCUT2D eigenvalue weighted by atomic mass is 9.85. The van der Waals surface area contributed by atoms with E-state index in [1.807, 2.05) is 0 Å². The topological polar surface area (TPSA) is 70.1 Å². The van der Waals surface area contributed by atoms with Crippen LogP contribution in [0.2, 0.25) is 0 Å². The van der Waals surface area contributed by atoms with Gasteiger partial charge in [-0.1, -0.05) is 36.4 Å². The molecule has 3 unspecified atom stereocenters. The molecule has 1 aliphatic heterocycles. The van der Waals surface area contributed by atoms with Crippen LogP contribution in [-0.4, -0.2) is 57.0 Å². The molecule has 3 atom stereocenters. The molecule has 1 N–H and O–H groups in total. The predicted molar refractivity (Wildman–Crippen MR) is 151 cm³/mol. The van der Waals surface area contributed by atoms with Crippen LogP contribution < -0.4 is 4.74 Å². The van der Waals surface area contributed by atoms with E-state index in [4.69, 9.17) is 4.74 Å². The summed E-state index contributed by atoms with van der Waals surface area (Å²) in [6.07, 6.45) is 6.68. The summed E-state index contributed by atoms with van der Waals surface area (Å²) in [5.74, 6) is 1.87. The number of nitrogens with zero attached hydrogens (tertiary/aromatic N) is 2. The van der Waals surface area contributed by atoms with Crippen molar-refractivity contribution in [2.45, 2.75) is 42.7 Å². The summed E-state index contributed by atoms with van der Waals surface area (Å²) in [4.78, 5) is 2.65. The van der Waals surface area contributed by atoms with Crippen molar-refractivity contribution in [3.8, 4) is 5.75 Å². The third-order valence-electron chi connectivity index (χ3n) is 8.72. The maximum absolute atomic E-state index is 13.0. The van der Waals surface area contributed by atoms with Gasteiger partial charge >= 0.3 is 0 Å².